The summed E-state index contributed by atoms with van der Waals surface area (Å²) in [6, 6.07) is 7.90. The molecule has 0 bridgehead atoms. The van der Waals surface area contributed by atoms with E-state index in [-0.39, 0.29) is 24.4 Å². The predicted octanol–water partition coefficient (Wildman–Crippen LogP) is 2.72. The molecule has 1 atom stereocenters. The maximum Gasteiger partial charge on any atom is 0.263 e. The average molecular weight is 354 g/mol. The van der Waals surface area contributed by atoms with Crippen LogP contribution in [0.1, 0.15) is 22.5 Å². The van der Waals surface area contributed by atoms with Crippen LogP contribution in [0, 0.1) is 0 Å². The van der Waals surface area contributed by atoms with Crippen LogP contribution in [-0.2, 0) is 0 Å². The number of carbonyl (C=O) groups is 1. The molecular formula is C16H20ClN3O2S. The van der Waals surface area contributed by atoms with Gasteiger partial charge >= 0.3 is 0 Å². The van der Waals surface area contributed by atoms with Crippen LogP contribution < -0.4 is 15.4 Å². The highest BCUT2D eigenvalue weighted by Crippen LogP contribution is 2.26. The summed E-state index contributed by atoms with van der Waals surface area (Å²) in [5.74, 6) is 0.772. The lowest BCUT2D eigenvalue weighted by Gasteiger charge is -2.23. The van der Waals surface area contributed by atoms with E-state index in [1.165, 1.54) is 11.3 Å². The monoisotopic (exact) mass is 353 g/mol. The van der Waals surface area contributed by atoms with Gasteiger partial charge in [-0.15, -0.1) is 23.7 Å². The molecule has 2 N–H and O–H groups in total. The number of thiazole rings is 1. The molecule has 1 aliphatic rings. The Morgan fingerprint density at radius 1 is 1.39 bits per heavy atom. The molecule has 1 saturated heterocycles. The highest BCUT2D eigenvalue weighted by molar-refractivity contribution is 7.16. The van der Waals surface area contributed by atoms with Gasteiger partial charge in [0.2, 0.25) is 0 Å². The normalized spacial score (nSPS) is 17.2. The standard InChI is InChI=1S/C16H19N3O2S.ClH/c1-21-13-6-4-11(5-7-13)16-18-10-14(22-16)15(20)19-12-3-2-8-17-9-12;/h4-7,10,12,17H,2-3,8-9H2,1H3,(H,19,20);1H/t12-;/m0./s1. The number of nitrogens with zero attached hydrogens (tertiary/aromatic N) is 1. The lowest BCUT2D eigenvalue weighted by atomic mass is 10.1. The van der Waals surface area contributed by atoms with Crippen LogP contribution in [-0.4, -0.2) is 37.1 Å². The fourth-order valence-electron chi connectivity index (χ4n) is 2.48. The van der Waals surface area contributed by atoms with Crippen molar-refractivity contribution in [3.05, 3.63) is 35.3 Å². The Morgan fingerprint density at radius 3 is 2.83 bits per heavy atom. The number of benzene rings is 1. The lowest BCUT2D eigenvalue weighted by molar-refractivity contribution is 0.0934. The third kappa shape index (κ3) is 4.43. The highest BCUT2D eigenvalue weighted by Gasteiger charge is 2.18. The SMILES string of the molecule is COc1ccc(-c2ncc(C(=O)N[C@H]3CCCNC3)s2)cc1.Cl. The van der Waals surface area contributed by atoms with Gasteiger partial charge in [0.1, 0.15) is 15.6 Å². The summed E-state index contributed by atoms with van der Waals surface area (Å²) in [6.07, 6.45) is 3.78. The second kappa shape index (κ2) is 8.29. The fourth-order valence-corrected chi connectivity index (χ4v) is 3.30. The molecule has 2 heterocycles. The number of carbonyl (C=O) groups excluding carboxylic acids is 1. The van der Waals surface area contributed by atoms with Gasteiger partial charge in [-0.25, -0.2) is 4.98 Å². The number of halogens is 1. The number of hydrogen-bond acceptors (Lipinski definition) is 5. The van der Waals surface area contributed by atoms with E-state index in [0.717, 1.165) is 42.3 Å². The van der Waals surface area contributed by atoms with Gasteiger partial charge in [0.25, 0.3) is 5.91 Å². The van der Waals surface area contributed by atoms with Crippen LogP contribution in [0.4, 0.5) is 0 Å². The Labute approximate surface area is 145 Å². The van der Waals surface area contributed by atoms with Crippen molar-refractivity contribution in [3.63, 3.8) is 0 Å². The molecule has 2 aromatic rings. The molecule has 1 aromatic heterocycles. The Kier molecular flexibility index (Phi) is 6.38. The first-order valence-electron chi connectivity index (χ1n) is 7.38. The Balaban J connectivity index is 0.00000192. The maximum atomic E-state index is 12.3. The van der Waals surface area contributed by atoms with Crippen molar-refractivity contribution in [1.29, 1.82) is 0 Å². The molecule has 1 aromatic carbocycles. The molecule has 1 amide bonds. The van der Waals surface area contributed by atoms with Crippen molar-refractivity contribution in [2.45, 2.75) is 18.9 Å². The molecule has 23 heavy (non-hydrogen) atoms. The number of hydrogen-bond donors (Lipinski definition) is 2. The number of piperidine rings is 1. The van der Waals surface area contributed by atoms with Crippen LogP contribution in [0.2, 0.25) is 0 Å². The first-order chi connectivity index (χ1) is 10.8. The van der Waals surface area contributed by atoms with Crippen molar-refractivity contribution in [3.8, 4) is 16.3 Å². The minimum atomic E-state index is -0.0361. The van der Waals surface area contributed by atoms with Crippen LogP contribution in [0.25, 0.3) is 10.6 Å². The molecule has 1 fully saturated rings. The van der Waals surface area contributed by atoms with Gasteiger partial charge in [-0.05, 0) is 43.7 Å². The fraction of sp³-hybridized carbons (Fsp3) is 0.375. The molecule has 3 rings (SSSR count). The summed E-state index contributed by atoms with van der Waals surface area (Å²) in [5.41, 5.74) is 0.990. The molecule has 0 radical (unpaired) electrons. The van der Waals surface area contributed by atoms with Gasteiger partial charge in [-0.1, -0.05) is 0 Å². The van der Waals surface area contributed by atoms with Crippen LogP contribution >= 0.6 is 23.7 Å². The zero-order valence-corrected chi connectivity index (χ0v) is 14.5. The molecule has 0 saturated carbocycles. The largest absolute Gasteiger partial charge is 0.497 e. The minimum absolute atomic E-state index is 0. The van der Waals surface area contributed by atoms with Gasteiger partial charge < -0.3 is 15.4 Å². The summed E-state index contributed by atoms with van der Waals surface area (Å²) >= 11 is 1.41. The first-order valence-corrected chi connectivity index (χ1v) is 8.20. The van der Waals surface area contributed by atoms with Crippen molar-refractivity contribution in [2.24, 2.45) is 0 Å². The van der Waals surface area contributed by atoms with E-state index in [0.29, 0.717) is 4.88 Å². The van der Waals surface area contributed by atoms with Crippen molar-refractivity contribution >= 4 is 29.7 Å². The third-order valence-corrected chi connectivity index (χ3v) is 4.74. The van der Waals surface area contributed by atoms with Gasteiger partial charge in [0, 0.05) is 18.2 Å². The van der Waals surface area contributed by atoms with E-state index in [2.05, 4.69) is 15.6 Å². The Hall–Kier alpha value is -1.63. The van der Waals surface area contributed by atoms with E-state index < -0.39 is 0 Å². The van der Waals surface area contributed by atoms with Crippen molar-refractivity contribution in [1.82, 2.24) is 15.6 Å². The molecule has 0 aliphatic carbocycles. The molecule has 1 aliphatic heterocycles. The maximum absolute atomic E-state index is 12.3. The van der Waals surface area contributed by atoms with Crippen LogP contribution in [0.5, 0.6) is 5.75 Å². The highest BCUT2D eigenvalue weighted by atomic mass is 35.5. The summed E-state index contributed by atoms with van der Waals surface area (Å²) in [4.78, 5) is 17.3. The van der Waals surface area contributed by atoms with Crippen molar-refractivity contribution < 1.29 is 9.53 Å². The van der Waals surface area contributed by atoms with E-state index in [9.17, 15) is 4.79 Å². The lowest BCUT2D eigenvalue weighted by Crippen LogP contribution is -2.45. The predicted molar refractivity (Wildman–Crippen MR) is 94.7 cm³/mol. The number of nitrogens with one attached hydrogen (secondary N) is 2. The molecule has 124 valence electrons. The summed E-state index contributed by atoms with van der Waals surface area (Å²) in [6.45, 7) is 1.88. The van der Waals surface area contributed by atoms with E-state index in [4.69, 9.17) is 4.74 Å². The molecule has 0 spiro atoms. The van der Waals surface area contributed by atoms with Gasteiger partial charge in [-0.3, -0.25) is 4.79 Å². The topological polar surface area (TPSA) is 63.2 Å². The van der Waals surface area contributed by atoms with Crippen LogP contribution in [0.3, 0.4) is 0 Å². The summed E-state index contributed by atoms with van der Waals surface area (Å²) in [7, 11) is 1.64. The number of ether oxygens (including phenoxy) is 1. The van der Waals surface area contributed by atoms with Crippen molar-refractivity contribution in [2.75, 3.05) is 20.2 Å². The molecule has 5 nitrogen and oxygen atoms in total. The Bertz CT molecular complexity index is 639. The van der Waals surface area contributed by atoms with Gasteiger partial charge in [-0.2, -0.15) is 0 Å². The number of rotatable bonds is 4. The van der Waals surface area contributed by atoms with Gasteiger partial charge in [0.05, 0.1) is 13.3 Å². The molecule has 7 heteroatoms. The minimum Gasteiger partial charge on any atom is -0.497 e. The molecule has 0 unspecified atom stereocenters. The van der Waals surface area contributed by atoms with E-state index in [1.807, 2.05) is 24.3 Å². The first kappa shape index (κ1) is 17.7. The second-order valence-electron chi connectivity index (χ2n) is 5.27. The average Bonchev–Trinajstić information content (AvgIpc) is 3.06. The van der Waals surface area contributed by atoms with Gasteiger partial charge in [0.15, 0.2) is 0 Å². The van der Waals surface area contributed by atoms with E-state index >= 15 is 0 Å². The zero-order chi connectivity index (χ0) is 15.4. The quantitative estimate of drug-likeness (QED) is 0.887. The Morgan fingerprint density at radius 2 is 2.17 bits per heavy atom. The number of amides is 1. The van der Waals surface area contributed by atoms with Crippen LogP contribution in [0.15, 0.2) is 30.5 Å². The zero-order valence-electron chi connectivity index (χ0n) is 12.9. The third-order valence-electron chi connectivity index (χ3n) is 3.70. The summed E-state index contributed by atoms with van der Waals surface area (Å²) < 4.78 is 5.15. The summed E-state index contributed by atoms with van der Waals surface area (Å²) in [5, 5.41) is 7.20. The smallest absolute Gasteiger partial charge is 0.263 e. The van der Waals surface area contributed by atoms with E-state index in [1.54, 1.807) is 13.3 Å². The number of aromatic nitrogens is 1. The number of methoxy groups -OCH3 is 1. The second-order valence-corrected chi connectivity index (χ2v) is 6.31. The molecular weight excluding hydrogens is 334 g/mol.